The molecule has 0 spiro atoms. The number of hydrogen-bond donors (Lipinski definition) is 1. The van der Waals surface area contributed by atoms with Crippen molar-refractivity contribution in [3.8, 4) is 0 Å². The first kappa shape index (κ1) is 13.1. The minimum absolute atomic E-state index is 0.291. The van der Waals surface area contributed by atoms with Gasteiger partial charge in [0, 0.05) is 0 Å². The molecule has 0 amide bonds. The third-order valence-electron chi connectivity index (χ3n) is 7.29. The number of allylic oxidation sites excluding steroid dienone is 3. The summed E-state index contributed by atoms with van der Waals surface area (Å²) in [4.78, 5) is 0. The molecule has 2 fully saturated rings. The lowest BCUT2D eigenvalue weighted by Gasteiger charge is -2.53. The smallest absolute Gasteiger partial charge is 0.0647 e. The third-order valence-corrected chi connectivity index (χ3v) is 7.29. The summed E-state index contributed by atoms with van der Waals surface area (Å²) in [7, 11) is 0. The maximum absolute atomic E-state index is 9.68. The maximum Gasteiger partial charge on any atom is 0.0647 e. The monoisotopic (exact) mass is 272 g/mol. The molecular weight excluding hydrogens is 244 g/mol. The van der Waals surface area contributed by atoms with Crippen LogP contribution in [0, 0.1) is 29.1 Å². The van der Waals surface area contributed by atoms with Crippen LogP contribution in [-0.4, -0.2) is 11.7 Å². The van der Waals surface area contributed by atoms with Gasteiger partial charge < -0.3 is 5.11 Å². The van der Waals surface area contributed by atoms with E-state index in [1.165, 1.54) is 56.9 Å². The lowest BCUT2D eigenvalue weighted by molar-refractivity contribution is 0.00534. The van der Waals surface area contributed by atoms with Crippen molar-refractivity contribution < 1.29 is 5.11 Å². The van der Waals surface area contributed by atoms with Gasteiger partial charge in [0.25, 0.3) is 0 Å². The van der Waals surface area contributed by atoms with E-state index in [4.69, 9.17) is 0 Å². The molecule has 5 atom stereocenters. The molecule has 4 rings (SSSR count). The average Bonchev–Trinajstić information content (AvgIpc) is 2.83. The van der Waals surface area contributed by atoms with Crippen LogP contribution in [0.1, 0.15) is 58.3 Å². The highest BCUT2D eigenvalue weighted by atomic mass is 16.3. The molecule has 0 aromatic rings. The third kappa shape index (κ3) is 1.71. The van der Waals surface area contributed by atoms with Gasteiger partial charge in [-0.05, 0) is 86.0 Å². The van der Waals surface area contributed by atoms with Crippen LogP contribution in [0.15, 0.2) is 23.3 Å². The molecule has 20 heavy (non-hydrogen) atoms. The predicted octanol–water partition coefficient (Wildman–Crippen LogP) is 4.48. The highest BCUT2D eigenvalue weighted by Gasteiger charge is 2.52. The van der Waals surface area contributed by atoms with Gasteiger partial charge in [-0.1, -0.05) is 24.6 Å². The Labute approximate surface area is 123 Å². The van der Waals surface area contributed by atoms with E-state index in [0.717, 1.165) is 23.7 Å². The Morgan fingerprint density at radius 3 is 2.95 bits per heavy atom. The van der Waals surface area contributed by atoms with Gasteiger partial charge in [0.1, 0.15) is 0 Å². The second-order valence-electron chi connectivity index (χ2n) is 7.87. The van der Waals surface area contributed by atoms with Gasteiger partial charge in [0.05, 0.1) is 6.61 Å². The second kappa shape index (κ2) is 4.73. The van der Waals surface area contributed by atoms with E-state index in [0.29, 0.717) is 12.0 Å². The van der Waals surface area contributed by atoms with E-state index in [2.05, 4.69) is 19.1 Å². The molecule has 0 heterocycles. The minimum atomic E-state index is 0.291. The number of hydrogen-bond acceptors (Lipinski definition) is 1. The zero-order valence-electron chi connectivity index (χ0n) is 12.8. The Morgan fingerprint density at radius 1 is 1.20 bits per heavy atom. The predicted molar refractivity (Wildman–Crippen MR) is 82.3 cm³/mol. The Hall–Kier alpha value is -0.560. The SMILES string of the molecule is C[C@]12CC[C@H]3[C@@H](CCC4=CCCC[C@@H]43)[C@@H]1CC=C2CO. The van der Waals surface area contributed by atoms with Gasteiger partial charge in [-0.2, -0.15) is 0 Å². The fourth-order valence-electron chi connectivity index (χ4n) is 6.20. The Balaban J connectivity index is 1.62. The normalized spacial score (nSPS) is 46.9. The number of rotatable bonds is 1. The summed E-state index contributed by atoms with van der Waals surface area (Å²) in [6.07, 6.45) is 15.9. The summed E-state index contributed by atoms with van der Waals surface area (Å²) in [6.45, 7) is 2.73. The first-order chi connectivity index (χ1) is 9.74. The van der Waals surface area contributed by atoms with E-state index in [9.17, 15) is 5.11 Å². The number of fused-ring (bicyclic) bond motifs is 5. The van der Waals surface area contributed by atoms with Crippen LogP contribution in [0.2, 0.25) is 0 Å². The van der Waals surface area contributed by atoms with Crippen molar-refractivity contribution in [3.63, 3.8) is 0 Å². The fourth-order valence-corrected chi connectivity index (χ4v) is 6.20. The molecule has 0 saturated heterocycles. The van der Waals surface area contributed by atoms with E-state index >= 15 is 0 Å². The molecule has 110 valence electrons. The van der Waals surface area contributed by atoms with Crippen LogP contribution in [0.3, 0.4) is 0 Å². The quantitative estimate of drug-likeness (QED) is 0.698. The van der Waals surface area contributed by atoms with Crippen molar-refractivity contribution in [1.29, 1.82) is 0 Å². The molecule has 0 aromatic carbocycles. The van der Waals surface area contributed by atoms with Crippen molar-refractivity contribution in [1.82, 2.24) is 0 Å². The van der Waals surface area contributed by atoms with Crippen LogP contribution in [0.5, 0.6) is 0 Å². The first-order valence-electron chi connectivity index (χ1n) is 8.73. The van der Waals surface area contributed by atoms with Crippen LogP contribution >= 0.6 is 0 Å². The van der Waals surface area contributed by atoms with Crippen molar-refractivity contribution in [2.45, 2.75) is 58.3 Å². The van der Waals surface area contributed by atoms with Gasteiger partial charge >= 0.3 is 0 Å². The van der Waals surface area contributed by atoms with Gasteiger partial charge in [0.15, 0.2) is 0 Å². The Morgan fingerprint density at radius 2 is 2.10 bits per heavy atom. The molecule has 2 saturated carbocycles. The summed E-state index contributed by atoms with van der Waals surface area (Å²) < 4.78 is 0. The maximum atomic E-state index is 9.68. The summed E-state index contributed by atoms with van der Waals surface area (Å²) in [6, 6.07) is 0. The molecule has 4 aliphatic rings. The summed E-state index contributed by atoms with van der Waals surface area (Å²) in [5.41, 5.74) is 3.49. The van der Waals surface area contributed by atoms with Gasteiger partial charge in [-0.3, -0.25) is 0 Å². The van der Waals surface area contributed by atoms with Gasteiger partial charge in [0.2, 0.25) is 0 Å². The first-order valence-corrected chi connectivity index (χ1v) is 8.73. The molecule has 0 aromatic heterocycles. The molecule has 1 heteroatoms. The van der Waals surface area contributed by atoms with Gasteiger partial charge in [-0.15, -0.1) is 0 Å². The number of aliphatic hydroxyl groups excluding tert-OH is 1. The zero-order chi connectivity index (χ0) is 13.7. The zero-order valence-corrected chi connectivity index (χ0v) is 12.8. The molecule has 0 unspecified atom stereocenters. The van der Waals surface area contributed by atoms with Crippen LogP contribution in [0.25, 0.3) is 0 Å². The van der Waals surface area contributed by atoms with Gasteiger partial charge in [-0.25, -0.2) is 0 Å². The highest BCUT2D eigenvalue weighted by Crippen LogP contribution is 2.61. The van der Waals surface area contributed by atoms with E-state index in [-0.39, 0.29) is 0 Å². The number of aliphatic hydroxyl groups is 1. The summed E-state index contributed by atoms with van der Waals surface area (Å²) >= 11 is 0. The van der Waals surface area contributed by atoms with E-state index < -0.39 is 0 Å². The van der Waals surface area contributed by atoms with Crippen LogP contribution < -0.4 is 0 Å². The molecule has 0 bridgehead atoms. The second-order valence-corrected chi connectivity index (χ2v) is 7.87. The van der Waals surface area contributed by atoms with Crippen molar-refractivity contribution in [2.75, 3.05) is 6.61 Å². The molecule has 0 radical (unpaired) electrons. The van der Waals surface area contributed by atoms with E-state index in [1.54, 1.807) is 0 Å². The molecule has 1 N–H and O–H groups in total. The minimum Gasteiger partial charge on any atom is -0.392 e. The lowest BCUT2D eigenvalue weighted by atomic mass is 9.51. The highest BCUT2D eigenvalue weighted by molar-refractivity contribution is 5.27. The Bertz CT molecular complexity index is 460. The lowest BCUT2D eigenvalue weighted by Crippen LogP contribution is -2.45. The summed E-state index contributed by atoms with van der Waals surface area (Å²) in [5.74, 6) is 3.63. The molecule has 1 nitrogen and oxygen atoms in total. The van der Waals surface area contributed by atoms with Crippen LogP contribution in [-0.2, 0) is 0 Å². The average molecular weight is 272 g/mol. The Kier molecular flexibility index (Phi) is 3.10. The van der Waals surface area contributed by atoms with Crippen molar-refractivity contribution in [3.05, 3.63) is 23.3 Å². The topological polar surface area (TPSA) is 20.2 Å². The molecule has 4 aliphatic carbocycles. The van der Waals surface area contributed by atoms with Crippen molar-refractivity contribution >= 4 is 0 Å². The van der Waals surface area contributed by atoms with Crippen molar-refractivity contribution in [2.24, 2.45) is 29.1 Å². The largest absolute Gasteiger partial charge is 0.392 e. The van der Waals surface area contributed by atoms with Crippen LogP contribution in [0.4, 0.5) is 0 Å². The summed E-state index contributed by atoms with van der Waals surface area (Å²) in [5, 5.41) is 9.68. The molecule has 0 aliphatic heterocycles. The van der Waals surface area contributed by atoms with E-state index in [1.807, 2.05) is 5.57 Å². The molecular formula is C19H28O. The fraction of sp³-hybridized carbons (Fsp3) is 0.789. The standard InChI is InChI=1S/C19H28O/c1-19-11-10-16-15-5-3-2-4-13(15)6-8-17(16)18(19)9-7-14(19)12-20/h4,7,15-18,20H,2-3,5-6,8-12H2,1H3/t15-,16+,17+,18-,19+/m0/s1.